The fourth-order valence-electron chi connectivity index (χ4n) is 2.43. The van der Waals surface area contributed by atoms with Crippen LogP contribution in [0, 0.1) is 0 Å². The number of methoxy groups -OCH3 is 1. The molecule has 3 rings (SSSR count). The lowest BCUT2D eigenvalue weighted by molar-refractivity contribution is 0.0946. The fraction of sp³-hybridized carbons (Fsp3) is 0.167. The van der Waals surface area contributed by atoms with Crippen LogP contribution in [0.5, 0.6) is 5.75 Å². The standard InChI is InChI=1S/C18H16BrN5O3/c1-24-16(23-14(8-17(24)25)13-5-6-20-10-22-13)9-21-18(26)12-7-11(19)3-4-15(12)27-2/h3-8,10H,9H2,1-2H3,(H,21,26). The van der Waals surface area contributed by atoms with Gasteiger partial charge in [-0.1, -0.05) is 15.9 Å². The molecular weight excluding hydrogens is 414 g/mol. The molecule has 0 aliphatic heterocycles. The van der Waals surface area contributed by atoms with Crippen LogP contribution in [0.1, 0.15) is 16.2 Å². The first-order chi connectivity index (χ1) is 13.0. The number of amides is 1. The number of benzene rings is 1. The van der Waals surface area contributed by atoms with Crippen LogP contribution >= 0.6 is 15.9 Å². The second-order valence-corrected chi connectivity index (χ2v) is 6.49. The van der Waals surface area contributed by atoms with Crippen molar-refractivity contribution in [1.29, 1.82) is 0 Å². The van der Waals surface area contributed by atoms with Gasteiger partial charge in [0.25, 0.3) is 11.5 Å². The SMILES string of the molecule is COc1ccc(Br)cc1C(=O)NCc1nc(-c2ccncn2)cc(=O)n1C. The van der Waals surface area contributed by atoms with Gasteiger partial charge >= 0.3 is 0 Å². The van der Waals surface area contributed by atoms with Gasteiger partial charge in [0.2, 0.25) is 0 Å². The van der Waals surface area contributed by atoms with Crippen LogP contribution in [-0.2, 0) is 13.6 Å². The zero-order chi connectivity index (χ0) is 19.4. The highest BCUT2D eigenvalue weighted by molar-refractivity contribution is 9.10. The van der Waals surface area contributed by atoms with Crippen molar-refractivity contribution in [2.24, 2.45) is 7.05 Å². The monoisotopic (exact) mass is 429 g/mol. The fourth-order valence-corrected chi connectivity index (χ4v) is 2.79. The van der Waals surface area contributed by atoms with E-state index in [1.165, 1.54) is 24.1 Å². The molecule has 9 heteroatoms. The second-order valence-electron chi connectivity index (χ2n) is 5.58. The van der Waals surface area contributed by atoms with Crippen molar-refractivity contribution in [3.8, 4) is 17.1 Å². The molecule has 27 heavy (non-hydrogen) atoms. The minimum Gasteiger partial charge on any atom is -0.496 e. The molecule has 1 aromatic carbocycles. The number of carbonyl (C=O) groups excluding carboxylic acids is 1. The van der Waals surface area contributed by atoms with Crippen LogP contribution in [0.25, 0.3) is 11.4 Å². The predicted molar refractivity (Wildman–Crippen MR) is 102 cm³/mol. The minimum absolute atomic E-state index is 0.0686. The van der Waals surface area contributed by atoms with E-state index in [4.69, 9.17) is 4.74 Å². The summed E-state index contributed by atoms with van der Waals surface area (Å²) in [6.07, 6.45) is 2.96. The van der Waals surface area contributed by atoms with Crippen molar-refractivity contribution < 1.29 is 9.53 Å². The maximum absolute atomic E-state index is 12.6. The summed E-state index contributed by atoms with van der Waals surface area (Å²) in [5.41, 5.74) is 1.08. The van der Waals surface area contributed by atoms with Gasteiger partial charge in [0.05, 0.1) is 30.6 Å². The van der Waals surface area contributed by atoms with Crippen LogP contribution in [0.15, 0.2) is 52.1 Å². The molecule has 0 aliphatic rings. The van der Waals surface area contributed by atoms with E-state index in [1.54, 1.807) is 37.5 Å². The number of nitrogens with one attached hydrogen (secondary N) is 1. The minimum atomic E-state index is -0.338. The molecule has 0 bridgehead atoms. The number of hydrogen-bond acceptors (Lipinski definition) is 6. The molecule has 3 aromatic rings. The van der Waals surface area contributed by atoms with Gasteiger partial charge in [-0.05, 0) is 24.3 Å². The Hall–Kier alpha value is -3.07. The summed E-state index contributed by atoms with van der Waals surface area (Å²) in [7, 11) is 3.09. The third-order valence-corrected chi connectivity index (χ3v) is 4.38. The van der Waals surface area contributed by atoms with Gasteiger partial charge in [-0.2, -0.15) is 0 Å². The Balaban J connectivity index is 1.86. The van der Waals surface area contributed by atoms with Crippen LogP contribution in [0.3, 0.4) is 0 Å². The molecule has 1 amide bonds. The third kappa shape index (κ3) is 4.20. The maximum atomic E-state index is 12.6. The van der Waals surface area contributed by atoms with Crippen LogP contribution in [-0.4, -0.2) is 32.5 Å². The largest absolute Gasteiger partial charge is 0.496 e. The van der Waals surface area contributed by atoms with Crippen molar-refractivity contribution in [3.63, 3.8) is 0 Å². The summed E-state index contributed by atoms with van der Waals surface area (Å²) in [6.45, 7) is 0.0686. The first kappa shape index (κ1) is 18.7. The third-order valence-electron chi connectivity index (χ3n) is 3.89. The van der Waals surface area contributed by atoms with Gasteiger partial charge in [0, 0.05) is 23.8 Å². The number of hydrogen-bond donors (Lipinski definition) is 1. The smallest absolute Gasteiger partial charge is 0.255 e. The topological polar surface area (TPSA) is 99.0 Å². The van der Waals surface area contributed by atoms with Gasteiger partial charge in [-0.3, -0.25) is 14.2 Å². The number of rotatable bonds is 5. The van der Waals surface area contributed by atoms with Crippen LogP contribution in [0.2, 0.25) is 0 Å². The number of aromatic nitrogens is 4. The summed E-state index contributed by atoms with van der Waals surface area (Å²) < 4.78 is 7.36. The maximum Gasteiger partial charge on any atom is 0.255 e. The number of nitrogens with zero attached hydrogens (tertiary/aromatic N) is 4. The number of ether oxygens (including phenoxy) is 1. The molecule has 2 aromatic heterocycles. The van der Waals surface area contributed by atoms with Crippen LogP contribution < -0.4 is 15.6 Å². The quantitative estimate of drug-likeness (QED) is 0.665. The van der Waals surface area contributed by atoms with E-state index in [-0.39, 0.29) is 18.0 Å². The molecule has 0 fully saturated rings. The van der Waals surface area contributed by atoms with Crippen molar-refractivity contribution in [2.75, 3.05) is 7.11 Å². The first-order valence-corrected chi connectivity index (χ1v) is 8.74. The van der Waals surface area contributed by atoms with Crippen molar-refractivity contribution in [3.05, 3.63) is 69.1 Å². The summed E-state index contributed by atoms with van der Waals surface area (Å²) in [5, 5.41) is 2.77. The lowest BCUT2D eigenvalue weighted by atomic mass is 10.2. The van der Waals surface area contributed by atoms with Gasteiger partial charge < -0.3 is 10.1 Å². The highest BCUT2D eigenvalue weighted by Crippen LogP contribution is 2.22. The van der Waals surface area contributed by atoms with E-state index in [9.17, 15) is 9.59 Å². The zero-order valence-electron chi connectivity index (χ0n) is 14.6. The summed E-state index contributed by atoms with van der Waals surface area (Å²) in [6, 6.07) is 8.20. The van der Waals surface area contributed by atoms with E-state index < -0.39 is 0 Å². The first-order valence-electron chi connectivity index (χ1n) is 7.94. The zero-order valence-corrected chi connectivity index (χ0v) is 16.2. The Morgan fingerprint density at radius 3 is 2.78 bits per heavy atom. The molecule has 0 aliphatic carbocycles. The summed E-state index contributed by atoms with van der Waals surface area (Å²) in [5.74, 6) is 0.514. The lowest BCUT2D eigenvalue weighted by Crippen LogP contribution is -2.29. The Kier molecular flexibility index (Phi) is 5.60. The molecule has 0 atom stereocenters. The molecule has 0 saturated heterocycles. The molecule has 1 N–H and O–H groups in total. The Morgan fingerprint density at radius 1 is 1.26 bits per heavy atom. The lowest BCUT2D eigenvalue weighted by Gasteiger charge is -2.12. The molecule has 0 unspecified atom stereocenters. The van der Waals surface area contributed by atoms with Crippen molar-refractivity contribution in [2.45, 2.75) is 6.54 Å². The number of halogens is 1. The van der Waals surface area contributed by atoms with Gasteiger partial charge in [-0.25, -0.2) is 15.0 Å². The molecule has 0 spiro atoms. The highest BCUT2D eigenvalue weighted by atomic mass is 79.9. The van der Waals surface area contributed by atoms with E-state index in [1.807, 2.05) is 0 Å². The van der Waals surface area contributed by atoms with Gasteiger partial charge in [0.15, 0.2) is 0 Å². The average molecular weight is 430 g/mol. The normalized spacial score (nSPS) is 10.5. The molecule has 138 valence electrons. The van der Waals surface area contributed by atoms with Crippen molar-refractivity contribution in [1.82, 2.24) is 24.8 Å². The highest BCUT2D eigenvalue weighted by Gasteiger charge is 2.14. The Labute approximate surface area is 163 Å². The van der Waals surface area contributed by atoms with Crippen molar-refractivity contribution >= 4 is 21.8 Å². The molecule has 8 nitrogen and oxygen atoms in total. The predicted octanol–water partition coefficient (Wildman–Crippen LogP) is 1.94. The van der Waals surface area contributed by atoms with E-state index >= 15 is 0 Å². The molecule has 0 radical (unpaired) electrons. The number of carbonyl (C=O) groups is 1. The van der Waals surface area contributed by atoms with E-state index in [0.717, 1.165) is 4.47 Å². The molecule has 2 heterocycles. The summed E-state index contributed by atoms with van der Waals surface area (Å²) in [4.78, 5) is 37.2. The second kappa shape index (κ2) is 8.09. The van der Waals surface area contributed by atoms with Gasteiger partial charge in [-0.15, -0.1) is 0 Å². The summed E-state index contributed by atoms with van der Waals surface area (Å²) >= 11 is 3.34. The molecule has 0 saturated carbocycles. The van der Waals surface area contributed by atoms with E-state index in [0.29, 0.717) is 28.5 Å². The molecular formula is C18H16BrN5O3. The van der Waals surface area contributed by atoms with Crippen LogP contribution in [0.4, 0.5) is 0 Å². The van der Waals surface area contributed by atoms with E-state index in [2.05, 4.69) is 36.2 Å². The Morgan fingerprint density at radius 2 is 2.07 bits per heavy atom. The van der Waals surface area contributed by atoms with Gasteiger partial charge in [0.1, 0.15) is 17.9 Å². The Bertz CT molecular complexity index is 1040. The average Bonchev–Trinajstić information content (AvgIpc) is 2.69.